The summed E-state index contributed by atoms with van der Waals surface area (Å²) in [5.74, 6) is 0. The highest BCUT2D eigenvalue weighted by Crippen LogP contribution is 2.56. The Bertz CT molecular complexity index is 1720. The van der Waals surface area contributed by atoms with E-state index in [4.69, 9.17) is 0 Å². The molecule has 0 heterocycles. The normalized spacial score (nSPS) is 13.1. The molecule has 0 N–H and O–H groups in total. The minimum Gasteiger partial charge on any atom is -0.0622 e. The molecule has 0 unspecified atom stereocenters. The summed E-state index contributed by atoms with van der Waals surface area (Å²) in [6.07, 6.45) is 0. The van der Waals surface area contributed by atoms with Crippen LogP contribution in [-0.2, 0) is 5.41 Å². The molecule has 0 heteroatoms. The van der Waals surface area contributed by atoms with E-state index in [2.05, 4.69) is 159 Å². The van der Waals surface area contributed by atoms with E-state index in [1.165, 1.54) is 61.2 Å². The van der Waals surface area contributed by atoms with Crippen LogP contribution in [0.25, 0.3) is 33.4 Å². The van der Waals surface area contributed by atoms with Gasteiger partial charge in [0.1, 0.15) is 0 Å². The standard InChI is InChI=1S/C38H28/c1-27-13-8-9-20-33(27)30-15-12-14-28(25-30)29-23-24-37-35(26-29)34-21-10-11-22-36(34)38(37,31-16-4-2-5-17-31)32-18-6-3-7-19-32/h2-26H,1H3. The van der Waals surface area contributed by atoms with Gasteiger partial charge in [-0.05, 0) is 80.3 Å². The van der Waals surface area contributed by atoms with Crippen molar-refractivity contribution in [2.24, 2.45) is 0 Å². The third-order valence-corrected chi connectivity index (χ3v) is 8.11. The summed E-state index contributed by atoms with van der Waals surface area (Å²) in [6, 6.07) is 55.5. The summed E-state index contributed by atoms with van der Waals surface area (Å²) >= 11 is 0. The second kappa shape index (κ2) is 9.01. The van der Waals surface area contributed by atoms with Gasteiger partial charge in [0.15, 0.2) is 0 Å². The molecule has 0 atom stereocenters. The molecule has 0 saturated carbocycles. The van der Waals surface area contributed by atoms with Crippen LogP contribution >= 0.6 is 0 Å². The highest BCUT2D eigenvalue weighted by molar-refractivity contribution is 5.89. The van der Waals surface area contributed by atoms with E-state index < -0.39 is 0 Å². The van der Waals surface area contributed by atoms with Gasteiger partial charge in [0.2, 0.25) is 0 Å². The highest BCUT2D eigenvalue weighted by atomic mass is 14.5. The van der Waals surface area contributed by atoms with Crippen molar-refractivity contribution in [2.45, 2.75) is 12.3 Å². The van der Waals surface area contributed by atoms with Crippen molar-refractivity contribution in [1.82, 2.24) is 0 Å². The topological polar surface area (TPSA) is 0 Å². The molecule has 0 spiro atoms. The first-order valence-corrected chi connectivity index (χ1v) is 13.3. The van der Waals surface area contributed by atoms with Gasteiger partial charge in [-0.3, -0.25) is 0 Å². The van der Waals surface area contributed by atoms with Crippen molar-refractivity contribution in [3.8, 4) is 33.4 Å². The van der Waals surface area contributed by atoms with Gasteiger partial charge in [0.25, 0.3) is 0 Å². The molecule has 6 aromatic rings. The summed E-state index contributed by atoms with van der Waals surface area (Å²) in [5.41, 5.74) is 13.9. The zero-order valence-electron chi connectivity index (χ0n) is 21.4. The molecule has 1 aliphatic carbocycles. The third kappa shape index (κ3) is 3.38. The van der Waals surface area contributed by atoms with Crippen LogP contribution in [0.2, 0.25) is 0 Å². The lowest BCUT2D eigenvalue weighted by Crippen LogP contribution is -2.28. The van der Waals surface area contributed by atoms with Gasteiger partial charge in [-0.15, -0.1) is 0 Å². The Balaban J connectivity index is 1.46. The third-order valence-electron chi connectivity index (χ3n) is 8.11. The maximum Gasteiger partial charge on any atom is 0.0713 e. The largest absolute Gasteiger partial charge is 0.0713 e. The molecule has 0 fully saturated rings. The molecule has 1 aliphatic rings. The van der Waals surface area contributed by atoms with E-state index >= 15 is 0 Å². The molecular weight excluding hydrogens is 456 g/mol. The van der Waals surface area contributed by atoms with Crippen molar-refractivity contribution in [3.63, 3.8) is 0 Å². The van der Waals surface area contributed by atoms with E-state index in [9.17, 15) is 0 Å². The quantitative estimate of drug-likeness (QED) is 0.233. The Kier molecular flexibility index (Phi) is 5.34. The lowest BCUT2D eigenvalue weighted by molar-refractivity contribution is 0.768. The molecule has 0 aromatic heterocycles. The van der Waals surface area contributed by atoms with Crippen molar-refractivity contribution in [1.29, 1.82) is 0 Å². The van der Waals surface area contributed by atoms with Gasteiger partial charge in [0, 0.05) is 0 Å². The predicted molar refractivity (Wildman–Crippen MR) is 159 cm³/mol. The smallest absolute Gasteiger partial charge is 0.0622 e. The van der Waals surface area contributed by atoms with Gasteiger partial charge in [-0.1, -0.05) is 140 Å². The zero-order valence-corrected chi connectivity index (χ0v) is 21.4. The molecule has 180 valence electrons. The number of benzene rings is 6. The van der Waals surface area contributed by atoms with Gasteiger partial charge in [-0.25, -0.2) is 0 Å². The van der Waals surface area contributed by atoms with Crippen molar-refractivity contribution in [3.05, 3.63) is 179 Å². The monoisotopic (exact) mass is 484 g/mol. The van der Waals surface area contributed by atoms with Gasteiger partial charge < -0.3 is 0 Å². The van der Waals surface area contributed by atoms with Crippen LogP contribution < -0.4 is 0 Å². The fourth-order valence-corrected chi connectivity index (χ4v) is 6.39. The van der Waals surface area contributed by atoms with Gasteiger partial charge in [0.05, 0.1) is 5.41 Å². The molecule has 0 saturated heterocycles. The molecular formula is C38H28. The zero-order chi connectivity index (χ0) is 25.5. The number of hydrogen-bond donors (Lipinski definition) is 0. The maximum atomic E-state index is 2.40. The van der Waals surface area contributed by atoms with Crippen LogP contribution in [0.4, 0.5) is 0 Å². The van der Waals surface area contributed by atoms with E-state index in [0.717, 1.165) is 0 Å². The van der Waals surface area contributed by atoms with Crippen molar-refractivity contribution >= 4 is 0 Å². The van der Waals surface area contributed by atoms with E-state index in [-0.39, 0.29) is 5.41 Å². The van der Waals surface area contributed by atoms with Crippen LogP contribution in [0, 0.1) is 6.92 Å². The number of rotatable bonds is 4. The average molecular weight is 485 g/mol. The number of aryl methyl sites for hydroxylation is 1. The second-order valence-electron chi connectivity index (χ2n) is 10.2. The fourth-order valence-electron chi connectivity index (χ4n) is 6.39. The first kappa shape index (κ1) is 22.5. The molecule has 0 amide bonds. The molecule has 0 aliphatic heterocycles. The Hall–Kier alpha value is -4.68. The molecule has 7 rings (SSSR count). The summed E-state index contributed by atoms with van der Waals surface area (Å²) in [6.45, 7) is 2.18. The van der Waals surface area contributed by atoms with Crippen molar-refractivity contribution in [2.75, 3.05) is 0 Å². The summed E-state index contributed by atoms with van der Waals surface area (Å²) in [5, 5.41) is 0. The van der Waals surface area contributed by atoms with E-state index in [0.29, 0.717) is 0 Å². The Morgan fingerprint density at radius 2 is 0.921 bits per heavy atom. The lowest BCUT2D eigenvalue weighted by atomic mass is 9.67. The second-order valence-corrected chi connectivity index (χ2v) is 10.2. The SMILES string of the molecule is Cc1ccccc1-c1cccc(-c2ccc3c(c2)-c2ccccc2C3(c2ccccc2)c2ccccc2)c1. The van der Waals surface area contributed by atoms with Crippen LogP contribution in [-0.4, -0.2) is 0 Å². The van der Waals surface area contributed by atoms with Gasteiger partial charge in [-0.2, -0.15) is 0 Å². The van der Waals surface area contributed by atoms with Crippen LogP contribution in [0.15, 0.2) is 152 Å². The lowest BCUT2D eigenvalue weighted by Gasteiger charge is -2.33. The van der Waals surface area contributed by atoms with Gasteiger partial charge >= 0.3 is 0 Å². The number of hydrogen-bond acceptors (Lipinski definition) is 0. The van der Waals surface area contributed by atoms with E-state index in [1.807, 2.05) is 0 Å². The molecule has 0 nitrogen and oxygen atoms in total. The molecule has 6 aromatic carbocycles. The molecule has 0 bridgehead atoms. The Morgan fingerprint density at radius 3 is 1.63 bits per heavy atom. The summed E-state index contributed by atoms with van der Waals surface area (Å²) in [7, 11) is 0. The molecule has 38 heavy (non-hydrogen) atoms. The minimum absolute atomic E-state index is 0.351. The highest BCUT2D eigenvalue weighted by Gasteiger charge is 2.45. The molecule has 0 radical (unpaired) electrons. The summed E-state index contributed by atoms with van der Waals surface area (Å²) < 4.78 is 0. The average Bonchev–Trinajstić information content (AvgIpc) is 3.29. The van der Waals surface area contributed by atoms with E-state index in [1.54, 1.807) is 0 Å². The Labute approximate surface area is 224 Å². The first-order chi connectivity index (χ1) is 18.8. The van der Waals surface area contributed by atoms with Crippen LogP contribution in [0.3, 0.4) is 0 Å². The first-order valence-electron chi connectivity index (χ1n) is 13.3. The number of fused-ring (bicyclic) bond motifs is 3. The summed E-state index contributed by atoms with van der Waals surface area (Å²) in [4.78, 5) is 0. The maximum absolute atomic E-state index is 2.40. The minimum atomic E-state index is -0.351. The fraction of sp³-hybridized carbons (Fsp3) is 0.0526. The predicted octanol–water partition coefficient (Wildman–Crippen LogP) is 9.69. The van der Waals surface area contributed by atoms with Crippen molar-refractivity contribution < 1.29 is 0 Å². The van der Waals surface area contributed by atoms with Crippen LogP contribution in [0.5, 0.6) is 0 Å². The van der Waals surface area contributed by atoms with Crippen LogP contribution in [0.1, 0.15) is 27.8 Å². The Morgan fingerprint density at radius 1 is 0.368 bits per heavy atom.